The van der Waals surface area contributed by atoms with Crippen LogP contribution >= 0.6 is 11.6 Å². The lowest BCUT2D eigenvalue weighted by atomic mass is 9.82. The third-order valence-corrected chi connectivity index (χ3v) is 7.49. The van der Waals surface area contributed by atoms with E-state index in [1.807, 2.05) is 12.1 Å². The standard InChI is InChI=1S/C22H29ClF2N4O2/c23-17-3-1-2-15(19(17)26)14-28-8-10-29(11-9-28)18(30)13-27-20(31)16-12-21(16)4-6-22(24,25)7-5-21/h1-3,16H,4-14,26H2,(H,27,31). The zero-order valence-electron chi connectivity index (χ0n) is 17.5. The Morgan fingerprint density at radius 2 is 1.81 bits per heavy atom. The van der Waals surface area contributed by atoms with Crippen molar-refractivity contribution in [2.24, 2.45) is 11.3 Å². The maximum atomic E-state index is 13.4. The molecule has 1 aromatic carbocycles. The second-order valence-electron chi connectivity index (χ2n) is 9.16. The van der Waals surface area contributed by atoms with Crippen molar-refractivity contribution in [1.29, 1.82) is 0 Å². The highest BCUT2D eigenvalue weighted by molar-refractivity contribution is 6.33. The van der Waals surface area contributed by atoms with Crippen molar-refractivity contribution in [3.8, 4) is 0 Å². The van der Waals surface area contributed by atoms with E-state index in [0.29, 0.717) is 62.7 Å². The molecule has 0 radical (unpaired) electrons. The van der Waals surface area contributed by atoms with Crippen molar-refractivity contribution >= 4 is 29.1 Å². The van der Waals surface area contributed by atoms with Gasteiger partial charge < -0.3 is 16.0 Å². The molecule has 1 unspecified atom stereocenters. The molecule has 6 nitrogen and oxygen atoms in total. The van der Waals surface area contributed by atoms with Gasteiger partial charge in [-0.15, -0.1) is 0 Å². The topological polar surface area (TPSA) is 78.7 Å². The van der Waals surface area contributed by atoms with Gasteiger partial charge in [0.05, 0.1) is 17.3 Å². The van der Waals surface area contributed by atoms with E-state index >= 15 is 0 Å². The molecule has 9 heteroatoms. The summed E-state index contributed by atoms with van der Waals surface area (Å²) < 4.78 is 26.8. The minimum absolute atomic E-state index is 0.0389. The number of hydrogen-bond acceptors (Lipinski definition) is 4. The molecule has 170 valence electrons. The summed E-state index contributed by atoms with van der Waals surface area (Å²) in [6.45, 7) is 3.23. The van der Waals surface area contributed by atoms with Gasteiger partial charge in [0.1, 0.15) is 0 Å². The average Bonchev–Trinajstić information content (AvgIpc) is 3.47. The molecule has 2 amide bonds. The van der Waals surface area contributed by atoms with Crippen LogP contribution in [0.4, 0.5) is 14.5 Å². The average molecular weight is 455 g/mol. The molecule has 3 N–H and O–H groups in total. The van der Waals surface area contributed by atoms with Crippen LogP contribution in [0.15, 0.2) is 18.2 Å². The number of halogens is 3. The first-order valence-electron chi connectivity index (χ1n) is 10.9. The Labute approximate surface area is 186 Å². The van der Waals surface area contributed by atoms with Gasteiger partial charge in [0.15, 0.2) is 0 Å². The van der Waals surface area contributed by atoms with Crippen LogP contribution in [0.3, 0.4) is 0 Å². The van der Waals surface area contributed by atoms with E-state index in [0.717, 1.165) is 5.56 Å². The van der Waals surface area contributed by atoms with Crippen LogP contribution < -0.4 is 11.1 Å². The number of carbonyl (C=O) groups is 2. The van der Waals surface area contributed by atoms with E-state index in [2.05, 4.69) is 10.2 Å². The van der Waals surface area contributed by atoms with E-state index in [1.54, 1.807) is 11.0 Å². The number of piperazine rings is 1. The Bertz CT molecular complexity index is 848. The maximum Gasteiger partial charge on any atom is 0.248 e. The lowest BCUT2D eigenvalue weighted by Gasteiger charge is -2.35. The van der Waals surface area contributed by atoms with Gasteiger partial charge in [-0.3, -0.25) is 14.5 Å². The van der Waals surface area contributed by atoms with Gasteiger partial charge in [0.2, 0.25) is 17.7 Å². The number of rotatable bonds is 5. The van der Waals surface area contributed by atoms with E-state index in [1.165, 1.54) is 0 Å². The molecule has 2 saturated carbocycles. The van der Waals surface area contributed by atoms with Crippen molar-refractivity contribution < 1.29 is 18.4 Å². The Hall–Kier alpha value is -1.93. The Morgan fingerprint density at radius 3 is 2.48 bits per heavy atom. The molecule has 0 aromatic heterocycles. The number of benzene rings is 1. The zero-order valence-corrected chi connectivity index (χ0v) is 18.3. The molecule has 0 bridgehead atoms. The molecule has 2 aliphatic carbocycles. The summed E-state index contributed by atoms with van der Waals surface area (Å²) in [6.07, 6.45) is 1.17. The number of hydrogen-bond donors (Lipinski definition) is 2. The monoisotopic (exact) mass is 454 g/mol. The predicted molar refractivity (Wildman–Crippen MR) is 115 cm³/mol. The normalized spacial score (nSPS) is 24.7. The van der Waals surface area contributed by atoms with Gasteiger partial charge >= 0.3 is 0 Å². The first kappa shape index (κ1) is 22.3. The third-order valence-electron chi connectivity index (χ3n) is 7.16. The summed E-state index contributed by atoms with van der Waals surface area (Å²) in [5.41, 5.74) is 7.33. The summed E-state index contributed by atoms with van der Waals surface area (Å²) >= 11 is 6.08. The van der Waals surface area contributed by atoms with Crippen LogP contribution in [0.25, 0.3) is 0 Å². The number of anilines is 1. The summed E-state index contributed by atoms with van der Waals surface area (Å²) in [6, 6.07) is 5.59. The molecule has 1 atom stereocenters. The smallest absolute Gasteiger partial charge is 0.248 e. The third kappa shape index (κ3) is 4.95. The van der Waals surface area contributed by atoms with Gasteiger partial charge in [-0.05, 0) is 36.3 Å². The Kier molecular flexibility index (Phi) is 6.14. The SMILES string of the molecule is Nc1c(Cl)cccc1CN1CCN(C(=O)CNC(=O)C2CC23CCC(F)(F)CC3)CC1. The van der Waals surface area contributed by atoms with Crippen LogP contribution in [0.5, 0.6) is 0 Å². The lowest BCUT2D eigenvalue weighted by Crippen LogP contribution is -2.51. The number of para-hydroxylation sites is 1. The lowest BCUT2D eigenvalue weighted by molar-refractivity contribution is -0.135. The van der Waals surface area contributed by atoms with Crippen molar-refractivity contribution in [3.63, 3.8) is 0 Å². The molecule has 1 saturated heterocycles. The second-order valence-corrected chi connectivity index (χ2v) is 9.57. The molecule has 3 fully saturated rings. The predicted octanol–water partition coefficient (Wildman–Crippen LogP) is 2.90. The molecule has 31 heavy (non-hydrogen) atoms. The van der Waals surface area contributed by atoms with Crippen molar-refractivity contribution in [1.82, 2.24) is 15.1 Å². The van der Waals surface area contributed by atoms with Crippen LogP contribution in [-0.4, -0.2) is 60.3 Å². The minimum Gasteiger partial charge on any atom is -0.397 e. The highest BCUT2D eigenvalue weighted by atomic mass is 35.5. The van der Waals surface area contributed by atoms with E-state index in [-0.39, 0.29) is 42.5 Å². The molecule has 1 spiro atoms. The fraction of sp³-hybridized carbons (Fsp3) is 0.636. The number of nitrogen functional groups attached to an aromatic ring is 1. The fourth-order valence-electron chi connectivity index (χ4n) is 4.90. The van der Waals surface area contributed by atoms with Crippen LogP contribution in [0.2, 0.25) is 5.02 Å². The summed E-state index contributed by atoms with van der Waals surface area (Å²) in [7, 11) is 0. The molecular formula is C22H29ClF2N4O2. The van der Waals surface area contributed by atoms with Gasteiger partial charge in [-0.1, -0.05) is 23.7 Å². The molecule has 4 rings (SSSR count). The Morgan fingerprint density at radius 1 is 1.13 bits per heavy atom. The zero-order chi connectivity index (χ0) is 22.2. The largest absolute Gasteiger partial charge is 0.397 e. The summed E-state index contributed by atoms with van der Waals surface area (Å²) in [4.78, 5) is 28.9. The molecule has 1 aliphatic heterocycles. The highest BCUT2D eigenvalue weighted by Gasteiger charge is 2.60. The van der Waals surface area contributed by atoms with E-state index in [9.17, 15) is 18.4 Å². The Balaban J connectivity index is 1.19. The van der Waals surface area contributed by atoms with Gasteiger partial charge in [-0.25, -0.2) is 8.78 Å². The summed E-state index contributed by atoms with van der Waals surface area (Å²) in [5, 5.41) is 3.28. The molecule has 3 aliphatic rings. The molecule has 1 heterocycles. The highest BCUT2D eigenvalue weighted by Crippen LogP contribution is 2.63. The van der Waals surface area contributed by atoms with Gasteiger partial charge in [-0.2, -0.15) is 0 Å². The second kappa shape index (κ2) is 8.54. The van der Waals surface area contributed by atoms with Crippen molar-refractivity contribution in [2.45, 2.75) is 44.6 Å². The summed E-state index contributed by atoms with van der Waals surface area (Å²) in [5.74, 6) is -3.10. The first-order valence-corrected chi connectivity index (χ1v) is 11.3. The van der Waals surface area contributed by atoms with Crippen LogP contribution in [0.1, 0.15) is 37.7 Å². The van der Waals surface area contributed by atoms with Crippen LogP contribution in [0, 0.1) is 11.3 Å². The van der Waals surface area contributed by atoms with Crippen molar-refractivity contribution in [3.05, 3.63) is 28.8 Å². The van der Waals surface area contributed by atoms with E-state index < -0.39 is 5.92 Å². The van der Waals surface area contributed by atoms with Gasteiger partial charge in [0.25, 0.3) is 0 Å². The number of alkyl halides is 2. The first-order chi connectivity index (χ1) is 14.7. The van der Waals surface area contributed by atoms with Crippen molar-refractivity contribution in [2.75, 3.05) is 38.5 Å². The van der Waals surface area contributed by atoms with Gasteiger partial charge in [0, 0.05) is 51.5 Å². The number of nitrogens with one attached hydrogen (secondary N) is 1. The molecular weight excluding hydrogens is 426 g/mol. The quantitative estimate of drug-likeness (QED) is 0.670. The van der Waals surface area contributed by atoms with Crippen LogP contribution in [-0.2, 0) is 16.1 Å². The number of nitrogens with two attached hydrogens (primary N) is 1. The van der Waals surface area contributed by atoms with E-state index in [4.69, 9.17) is 17.3 Å². The maximum absolute atomic E-state index is 13.4. The number of nitrogens with zero attached hydrogens (tertiary/aromatic N) is 2. The number of carbonyl (C=O) groups excluding carboxylic acids is 2. The minimum atomic E-state index is -2.59. The molecule has 1 aromatic rings. The number of amides is 2. The fourth-order valence-corrected chi connectivity index (χ4v) is 5.09.